The number of likely N-dealkylation sites (N-methyl/N-ethyl adjacent to an activating group) is 1. The number of thiazole rings is 1. The Morgan fingerprint density at radius 2 is 2.07 bits per heavy atom. The Hall–Kier alpha value is -1.73. The summed E-state index contributed by atoms with van der Waals surface area (Å²) in [6.07, 6.45) is 9.54. The van der Waals surface area contributed by atoms with Crippen LogP contribution in [0.25, 0.3) is 0 Å². The van der Waals surface area contributed by atoms with Crippen molar-refractivity contribution in [3.63, 3.8) is 0 Å². The van der Waals surface area contributed by atoms with E-state index in [0.29, 0.717) is 11.7 Å². The molecule has 146 valence electrons. The standard InChI is InChI=1S/C20H29N5OS/c1-23(14-18-21-9-12-27-18)15-7-8-17-16(13-15)19(22-24(17)2)20(26)25-10-5-3-4-6-11-25/h9,12,15H,3-8,10-11,13-14H2,1-2H3. The summed E-state index contributed by atoms with van der Waals surface area (Å²) in [7, 11) is 4.15. The monoisotopic (exact) mass is 387 g/mol. The van der Waals surface area contributed by atoms with Gasteiger partial charge in [0.15, 0.2) is 5.69 Å². The number of carbonyl (C=O) groups is 1. The van der Waals surface area contributed by atoms with Crippen molar-refractivity contribution in [1.29, 1.82) is 0 Å². The van der Waals surface area contributed by atoms with E-state index < -0.39 is 0 Å². The van der Waals surface area contributed by atoms with Gasteiger partial charge in [0.1, 0.15) is 5.01 Å². The fraction of sp³-hybridized carbons (Fsp3) is 0.650. The van der Waals surface area contributed by atoms with E-state index in [0.717, 1.165) is 56.7 Å². The summed E-state index contributed by atoms with van der Waals surface area (Å²) in [5.41, 5.74) is 3.11. The molecule has 1 aliphatic carbocycles. The third-order valence-corrected chi connectivity index (χ3v) is 6.78. The minimum Gasteiger partial charge on any atom is -0.337 e. The van der Waals surface area contributed by atoms with Gasteiger partial charge < -0.3 is 4.90 Å². The smallest absolute Gasteiger partial charge is 0.274 e. The second kappa shape index (κ2) is 8.10. The summed E-state index contributed by atoms with van der Waals surface area (Å²) < 4.78 is 1.94. The van der Waals surface area contributed by atoms with Crippen LogP contribution in [0.4, 0.5) is 0 Å². The molecule has 1 saturated heterocycles. The summed E-state index contributed by atoms with van der Waals surface area (Å²) in [5, 5.41) is 7.84. The normalized spacial score (nSPS) is 20.6. The molecule has 1 atom stereocenters. The molecule has 1 unspecified atom stereocenters. The summed E-state index contributed by atoms with van der Waals surface area (Å²) in [4.78, 5) is 22.0. The number of fused-ring (bicyclic) bond motifs is 1. The molecule has 0 aromatic carbocycles. The Kier molecular flexibility index (Phi) is 5.59. The molecule has 3 heterocycles. The van der Waals surface area contributed by atoms with Crippen LogP contribution in [0.15, 0.2) is 11.6 Å². The Morgan fingerprint density at radius 1 is 1.30 bits per heavy atom. The fourth-order valence-electron chi connectivity index (χ4n) is 4.42. The molecule has 0 radical (unpaired) electrons. The van der Waals surface area contributed by atoms with Gasteiger partial charge in [0.05, 0.1) is 6.54 Å². The maximum absolute atomic E-state index is 13.2. The van der Waals surface area contributed by atoms with Crippen molar-refractivity contribution in [2.45, 2.75) is 57.5 Å². The van der Waals surface area contributed by atoms with Gasteiger partial charge in [0, 0.05) is 49.0 Å². The van der Waals surface area contributed by atoms with Crippen LogP contribution < -0.4 is 0 Å². The molecule has 1 aliphatic heterocycles. The molecule has 0 spiro atoms. The first-order valence-corrected chi connectivity index (χ1v) is 10.9. The van der Waals surface area contributed by atoms with E-state index in [1.807, 2.05) is 28.2 Å². The van der Waals surface area contributed by atoms with Crippen molar-refractivity contribution in [3.05, 3.63) is 33.5 Å². The topological polar surface area (TPSA) is 54.3 Å². The Labute approximate surface area is 165 Å². The van der Waals surface area contributed by atoms with Crippen molar-refractivity contribution < 1.29 is 4.79 Å². The maximum atomic E-state index is 13.2. The molecule has 2 aromatic heterocycles. The average molecular weight is 388 g/mol. The highest BCUT2D eigenvalue weighted by atomic mass is 32.1. The molecule has 0 bridgehead atoms. The number of hydrogen-bond donors (Lipinski definition) is 0. The molecule has 7 heteroatoms. The number of aromatic nitrogens is 3. The number of amides is 1. The first-order valence-electron chi connectivity index (χ1n) is 10.1. The molecule has 0 N–H and O–H groups in total. The highest BCUT2D eigenvalue weighted by Gasteiger charge is 2.32. The van der Waals surface area contributed by atoms with Gasteiger partial charge >= 0.3 is 0 Å². The lowest BCUT2D eigenvalue weighted by Crippen LogP contribution is -2.37. The highest BCUT2D eigenvalue weighted by molar-refractivity contribution is 7.09. The van der Waals surface area contributed by atoms with Gasteiger partial charge in [0.25, 0.3) is 5.91 Å². The van der Waals surface area contributed by atoms with Crippen molar-refractivity contribution in [2.24, 2.45) is 7.05 Å². The summed E-state index contributed by atoms with van der Waals surface area (Å²) in [6.45, 7) is 2.61. The van der Waals surface area contributed by atoms with Crippen LogP contribution in [0, 0.1) is 0 Å². The van der Waals surface area contributed by atoms with Crippen LogP contribution in [0.1, 0.15) is 58.9 Å². The highest BCUT2D eigenvalue weighted by Crippen LogP contribution is 2.28. The van der Waals surface area contributed by atoms with E-state index in [1.54, 1.807) is 11.3 Å². The zero-order valence-electron chi connectivity index (χ0n) is 16.4. The van der Waals surface area contributed by atoms with Gasteiger partial charge in [-0.15, -0.1) is 11.3 Å². The first kappa shape index (κ1) is 18.6. The second-order valence-corrected chi connectivity index (χ2v) is 8.82. The first-order chi connectivity index (χ1) is 13.1. The lowest BCUT2D eigenvalue weighted by molar-refractivity contribution is 0.0753. The van der Waals surface area contributed by atoms with Crippen LogP contribution in [0.5, 0.6) is 0 Å². The minimum atomic E-state index is 0.136. The maximum Gasteiger partial charge on any atom is 0.274 e. The van der Waals surface area contributed by atoms with Gasteiger partial charge in [0.2, 0.25) is 0 Å². The molecule has 1 fully saturated rings. The lowest BCUT2D eigenvalue weighted by atomic mass is 9.90. The van der Waals surface area contributed by atoms with E-state index in [-0.39, 0.29) is 5.91 Å². The molecule has 2 aromatic rings. The molecule has 0 saturated carbocycles. The molecule has 6 nitrogen and oxygen atoms in total. The van der Waals surface area contributed by atoms with Gasteiger partial charge in [-0.3, -0.25) is 14.4 Å². The van der Waals surface area contributed by atoms with E-state index in [2.05, 4.69) is 22.0 Å². The Bertz CT molecular complexity index is 777. The zero-order valence-corrected chi connectivity index (χ0v) is 17.2. The Balaban J connectivity index is 1.52. The third-order valence-electron chi connectivity index (χ3n) is 6.02. The van der Waals surface area contributed by atoms with Gasteiger partial charge in [-0.1, -0.05) is 12.8 Å². The summed E-state index contributed by atoms with van der Waals surface area (Å²) in [6, 6.07) is 0.432. The molecule has 2 aliphatic rings. The quantitative estimate of drug-likeness (QED) is 0.809. The number of nitrogens with zero attached hydrogens (tertiary/aromatic N) is 5. The van der Waals surface area contributed by atoms with Crippen molar-refractivity contribution in [3.8, 4) is 0 Å². The van der Waals surface area contributed by atoms with Crippen LogP contribution in [0.2, 0.25) is 0 Å². The number of rotatable bonds is 4. The third kappa shape index (κ3) is 3.94. The fourth-order valence-corrected chi connectivity index (χ4v) is 5.09. The predicted molar refractivity (Wildman–Crippen MR) is 107 cm³/mol. The molecule has 4 rings (SSSR count). The molecule has 27 heavy (non-hydrogen) atoms. The van der Waals surface area contributed by atoms with E-state index in [9.17, 15) is 4.79 Å². The second-order valence-electron chi connectivity index (χ2n) is 7.84. The predicted octanol–water partition coefficient (Wildman–Crippen LogP) is 2.88. The van der Waals surface area contributed by atoms with Crippen LogP contribution >= 0.6 is 11.3 Å². The van der Waals surface area contributed by atoms with Crippen molar-refractivity contribution in [2.75, 3.05) is 20.1 Å². The van der Waals surface area contributed by atoms with Crippen LogP contribution in [0.3, 0.4) is 0 Å². The molecular formula is C20H29N5OS. The summed E-state index contributed by atoms with van der Waals surface area (Å²) in [5.74, 6) is 0.136. The largest absolute Gasteiger partial charge is 0.337 e. The van der Waals surface area contributed by atoms with Gasteiger partial charge in [-0.05, 0) is 39.2 Å². The number of hydrogen-bond acceptors (Lipinski definition) is 5. The average Bonchev–Trinajstić information content (AvgIpc) is 3.19. The van der Waals surface area contributed by atoms with Crippen molar-refractivity contribution >= 4 is 17.2 Å². The van der Waals surface area contributed by atoms with Crippen LogP contribution in [-0.2, 0) is 26.4 Å². The molecular weight excluding hydrogens is 358 g/mol. The van der Waals surface area contributed by atoms with E-state index in [4.69, 9.17) is 0 Å². The van der Waals surface area contributed by atoms with Crippen molar-refractivity contribution in [1.82, 2.24) is 24.6 Å². The van der Waals surface area contributed by atoms with Gasteiger partial charge in [-0.25, -0.2) is 4.98 Å². The number of likely N-dealkylation sites (tertiary alicyclic amines) is 1. The zero-order chi connectivity index (χ0) is 18.8. The Morgan fingerprint density at radius 3 is 2.78 bits per heavy atom. The lowest BCUT2D eigenvalue weighted by Gasteiger charge is -2.31. The number of carbonyl (C=O) groups excluding carboxylic acids is 1. The van der Waals surface area contributed by atoms with Crippen LogP contribution in [-0.4, -0.2) is 56.7 Å². The minimum absolute atomic E-state index is 0.136. The SMILES string of the molecule is CN(Cc1nccs1)C1CCc2c(c(C(=O)N3CCCCCC3)nn2C)C1. The van der Waals surface area contributed by atoms with E-state index >= 15 is 0 Å². The van der Waals surface area contributed by atoms with E-state index in [1.165, 1.54) is 24.1 Å². The number of aryl methyl sites for hydroxylation is 1. The van der Waals surface area contributed by atoms with Gasteiger partial charge in [-0.2, -0.15) is 5.10 Å². The molecule has 1 amide bonds. The summed E-state index contributed by atoms with van der Waals surface area (Å²) >= 11 is 1.70.